The lowest BCUT2D eigenvalue weighted by atomic mass is 10.0. The van der Waals surface area contributed by atoms with Crippen molar-refractivity contribution in [2.24, 2.45) is 5.73 Å². The Balaban J connectivity index is 3.11. The van der Waals surface area contributed by atoms with Crippen molar-refractivity contribution in [3.8, 4) is 0 Å². The van der Waals surface area contributed by atoms with Gasteiger partial charge in [0.05, 0.1) is 6.10 Å². The van der Waals surface area contributed by atoms with Gasteiger partial charge in [-0.05, 0) is 31.5 Å². The van der Waals surface area contributed by atoms with Crippen LogP contribution in [0, 0.1) is 12.7 Å². The second kappa shape index (κ2) is 4.87. The van der Waals surface area contributed by atoms with Gasteiger partial charge >= 0.3 is 0 Å². The predicted molar refractivity (Wildman–Crippen MR) is 57.5 cm³/mol. The second-order valence-electron chi connectivity index (χ2n) is 3.19. The van der Waals surface area contributed by atoms with Crippen molar-refractivity contribution in [2.75, 3.05) is 6.54 Å². The molecule has 1 aromatic carbocycles. The molecule has 1 aromatic rings. The summed E-state index contributed by atoms with van der Waals surface area (Å²) in [7, 11) is 0. The van der Waals surface area contributed by atoms with Crippen molar-refractivity contribution >= 4 is 15.9 Å². The first-order valence-electron chi connectivity index (χ1n) is 4.40. The summed E-state index contributed by atoms with van der Waals surface area (Å²) in [6.07, 6.45) is -0.479. The van der Waals surface area contributed by atoms with E-state index in [-0.39, 0.29) is 0 Å². The molecule has 0 radical (unpaired) electrons. The van der Waals surface area contributed by atoms with Crippen LogP contribution < -0.4 is 5.73 Å². The molecule has 0 fully saturated rings. The summed E-state index contributed by atoms with van der Waals surface area (Å²) < 4.78 is 14.0. The van der Waals surface area contributed by atoms with Crippen molar-refractivity contribution in [1.29, 1.82) is 0 Å². The summed E-state index contributed by atoms with van der Waals surface area (Å²) in [4.78, 5) is 0. The van der Waals surface area contributed by atoms with Gasteiger partial charge in [0.1, 0.15) is 5.82 Å². The van der Waals surface area contributed by atoms with E-state index >= 15 is 0 Å². The molecular formula is C10H13BrFNO. The molecule has 1 rings (SSSR count). The standard InChI is InChI=1S/C10H13BrFNO/c1-6-2-3-7(12)9(10(6)11)8(14)4-5-13/h2-3,8,14H,4-5,13H2,1H3. The fraction of sp³-hybridized carbons (Fsp3) is 0.400. The molecule has 0 aliphatic carbocycles. The van der Waals surface area contributed by atoms with E-state index in [1.165, 1.54) is 6.07 Å². The first-order valence-corrected chi connectivity index (χ1v) is 5.20. The van der Waals surface area contributed by atoms with E-state index in [4.69, 9.17) is 5.73 Å². The highest BCUT2D eigenvalue weighted by Crippen LogP contribution is 2.30. The lowest BCUT2D eigenvalue weighted by Gasteiger charge is -2.14. The Morgan fingerprint density at radius 3 is 2.79 bits per heavy atom. The molecule has 0 amide bonds. The normalized spacial score (nSPS) is 12.9. The second-order valence-corrected chi connectivity index (χ2v) is 3.98. The van der Waals surface area contributed by atoms with Gasteiger partial charge in [0, 0.05) is 10.0 Å². The molecular weight excluding hydrogens is 249 g/mol. The van der Waals surface area contributed by atoms with Gasteiger partial charge in [-0.1, -0.05) is 22.0 Å². The Morgan fingerprint density at radius 1 is 1.57 bits per heavy atom. The molecule has 78 valence electrons. The zero-order chi connectivity index (χ0) is 10.7. The quantitative estimate of drug-likeness (QED) is 0.877. The Kier molecular flexibility index (Phi) is 4.04. The summed E-state index contributed by atoms with van der Waals surface area (Å²) in [6, 6.07) is 3.02. The van der Waals surface area contributed by atoms with Crippen molar-refractivity contribution < 1.29 is 9.50 Å². The fourth-order valence-corrected chi connectivity index (χ4v) is 1.87. The topological polar surface area (TPSA) is 46.2 Å². The minimum Gasteiger partial charge on any atom is -0.388 e. The van der Waals surface area contributed by atoms with Crippen molar-refractivity contribution in [3.63, 3.8) is 0 Å². The first kappa shape index (κ1) is 11.6. The van der Waals surface area contributed by atoms with Gasteiger partial charge in [-0.3, -0.25) is 0 Å². The van der Waals surface area contributed by atoms with Crippen LogP contribution in [-0.4, -0.2) is 11.7 Å². The van der Waals surface area contributed by atoms with Crippen LogP contribution in [0.15, 0.2) is 16.6 Å². The van der Waals surface area contributed by atoms with E-state index in [1.807, 2.05) is 6.92 Å². The molecule has 2 nitrogen and oxygen atoms in total. The average molecular weight is 262 g/mol. The monoisotopic (exact) mass is 261 g/mol. The third-order valence-electron chi connectivity index (χ3n) is 2.09. The molecule has 14 heavy (non-hydrogen) atoms. The maximum absolute atomic E-state index is 13.4. The van der Waals surface area contributed by atoms with E-state index in [1.54, 1.807) is 6.07 Å². The highest BCUT2D eigenvalue weighted by molar-refractivity contribution is 9.10. The summed E-state index contributed by atoms with van der Waals surface area (Å²) in [5.41, 5.74) is 6.51. The van der Waals surface area contributed by atoms with Crippen LogP contribution in [0.4, 0.5) is 4.39 Å². The van der Waals surface area contributed by atoms with Crippen LogP contribution in [0.5, 0.6) is 0 Å². The highest BCUT2D eigenvalue weighted by atomic mass is 79.9. The number of benzene rings is 1. The van der Waals surface area contributed by atoms with Gasteiger partial charge in [0.25, 0.3) is 0 Å². The number of aliphatic hydroxyl groups is 1. The highest BCUT2D eigenvalue weighted by Gasteiger charge is 2.16. The van der Waals surface area contributed by atoms with Gasteiger partial charge < -0.3 is 10.8 Å². The first-order chi connectivity index (χ1) is 6.57. The van der Waals surface area contributed by atoms with E-state index in [9.17, 15) is 9.50 Å². The van der Waals surface area contributed by atoms with Crippen LogP contribution in [0.2, 0.25) is 0 Å². The smallest absolute Gasteiger partial charge is 0.130 e. The van der Waals surface area contributed by atoms with Gasteiger partial charge in [0.2, 0.25) is 0 Å². The SMILES string of the molecule is Cc1ccc(F)c(C(O)CCN)c1Br. The average Bonchev–Trinajstić information content (AvgIpc) is 2.13. The molecule has 0 saturated heterocycles. The number of aliphatic hydroxyl groups excluding tert-OH is 1. The minimum absolute atomic E-state index is 0.301. The zero-order valence-electron chi connectivity index (χ0n) is 7.93. The maximum atomic E-state index is 13.4. The van der Waals surface area contributed by atoms with Gasteiger partial charge in [-0.15, -0.1) is 0 Å². The zero-order valence-corrected chi connectivity index (χ0v) is 9.51. The molecule has 3 N–H and O–H groups in total. The van der Waals surface area contributed by atoms with Crippen LogP contribution in [0.25, 0.3) is 0 Å². The molecule has 4 heteroatoms. The van der Waals surface area contributed by atoms with Gasteiger partial charge in [-0.25, -0.2) is 4.39 Å². The summed E-state index contributed by atoms with van der Waals surface area (Å²) in [5, 5.41) is 9.66. The molecule has 0 bridgehead atoms. The summed E-state index contributed by atoms with van der Waals surface area (Å²) in [6.45, 7) is 2.18. The van der Waals surface area contributed by atoms with Crippen LogP contribution in [0.1, 0.15) is 23.7 Å². The Hall–Kier alpha value is -0.450. The molecule has 0 spiro atoms. The third kappa shape index (κ3) is 2.32. The number of halogens is 2. The number of nitrogens with two attached hydrogens (primary N) is 1. The third-order valence-corrected chi connectivity index (χ3v) is 3.15. The van der Waals surface area contributed by atoms with Crippen molar-refractivity contribution in [1.82, 2.24) is 0 Å². The predicted octanol–water partition coefficient (Wildman–Crippen LogP) is 2.28. The van der Waals surface area contributed by atoms with Crippen LogP contribution in [-0.2, 0) is 0 Å². The Labute approximate surface area is 91.1 Å². The number of aryl methyl sites for hydroxylation is 1. The van der Waals surface area contributed by atoms with E-state index in [0.717, 1.165) is 5.56 Å². The molecule has 1 atom stereocenters. The van der Waals surface area contributed by atoms with Crippen molar-refractivity contribution in [3.05, 3.63) is 33.5 Å². The van der Waals surface area contributed by atoms with E-state index < -0.39 is 11.9 Å². The van der Waals surface area contributed by atoms with Crippen molar-refractivity contribution in [2.45, 2.75) is 19.4 Å². The fourth-order valence-electron chi connectivity index (χ4n) is 1.29. The Morgan fingerprint density at radius 2 is 2.21 bits per heavy atom. The number of hydrogen-bond acceptors (Lipinski definition) is 2. The lowest BCUT2D eigenvalue weighted by molar-refractivity contribution is 0.164. The molecule has 0 saturated carbocycles. The molecule has 0 aliphatic heterocycles. The van der Waals surface area contributed by atoms with Gasteiger partial charge in [0.15, 0.2) is 0 Å². The number of rotatable bonds is 3. The molecule has 0 heterocycles. The minimum atomic E-state index is -0.839. The summed E-state index contributed by atoms with van der Waals surface area (Å²) in [5.74, 6) is -0.400. The molecule has 0 aromatic heterocycles. The molecule has 0 aliphatic rings. The largest absolute Gasteiger partial charge is 0.388 e. The lowest BCUT2D eigenvalue weighted by Crippen LogP contribution is -2.09. The van der Waals surface area contributed by atoms with Crippen LogP contribution in [0.3, 0.4) is 0 Å². The van der Waals surface area contributed by atoms with Crippen LogP contribution >= 0.6 is 15.9 Å². The molecule has 1 unspecified atom stereocenters. The Bertz CT molecular complexity index is 330. The number of hydrogen-bond donors (Lipinski definition) is 2. The van der Waals surface area contributed by atoms with Gasteiger partial charge in [-0.2, -0.15) is 0 Å². The van der Waals surface area contributed by atoms with E-state index in [0.29, 0.717) is 23.0 Å². The maximum Gasteiger partial charge on any atom is 0.130 e. The van der Waals surface area contributed by atoms with E-state index in [2.05, 4.69) is 15.9 Å². The summed E-state index contributed by atoms with van der Waals surface area (Å²) >= 11 is 3.26.